The van der Waals surface area contributed by atoms with Crippen molar-refractivity contribution in [3.63, 3.8) is 0 Å². The Bertz CT molecular complexity index is 1000. The van der Waals surface area contributed by atoms with E-state index in [9.17, 15) is 9.59 Å². The van der Waals surface area contributed by atoms with Crippen LogP contribution >= 0.6 is 0 Å². The summed E-state index contributed by atoms with van der Waals surface area (Å²) in [5.74, 6) is 0.0565. The standard InChI is InChI=1S/C23H23N3O4/c1-16-4-3-5-20(21(16)26-22(27)17-10-12-24-13-11-17)23(28)25-18-6-8-19(9-7-18)30-15-14-29-2/h3-13H,14-15H2,1-2H3,(H,25,28)(H,26,27). The third-order valence-electron chi connectivity index (χ3n) is 4.37. The molecule has 154 valence electrons. The Labute approximate surface area is 175 Å². The van der Waals surface area contributed by atoms with Crippen molar-refractivity contribution in [2.45, 2.75) is 6.92 Å². The molecule has 2 N–H and O–H groups in total. The summed E-state index contributed by atoms with van der Waals surface area (Å²) in [7, 11) is 1.61. The van der Waals surface area contributed by atoms with E-state index >= 15 is 0 Å². The van der Waals surface area contributed by atoms with Crippen LogP contribution < -0.4 is 15.4 Å². The van der Waals surface area contributed by atoms with Crippen LogP contribution in [0.2, 0.25) is 0 Å². The number of methoxy groups -OCH3 is 1. The van der Waals surface area contributed by atoms with E-state index in [2.05, 4.69) is 15.6 Å². The molecular weight excluding hydrogens is 382 g/mol. The average molecular weight is 405 g/mol. The molecule has 3 aromatic rings. The molecule has 1 aromatic heterocycles. The van der Waals surface area contributed by atoms with E-state index in [0.717, 1.165) is 5.56 Å². The maximum absolute atomic E-state index is 12.9. The van der Waals surface area contributed by atoms with Gasteiger partial charge in [-0.3, -0.25) is 14.6 Å². The molecule has 0 aliphatic heterocycles. The summed E-state index contributed by atoms with van der Waals surface area (Å²) in [4.78, 5) is 29.3. The van der Waals surface area contributed by atoms with Gasteiger partial charge in [-0.15, -0.1) is 0 Å². The molecule has 0 aliphatic carbocycles. The van der Waals surface area contributed by atoms with Crippen LogP contribution in [0.5, 0.6) is 5.75 Å². The number of aryl methyl sites for hydroxylation is 1. The summed E-state index contributed by atoms with van der Waals surface area (Å²) < 4.78 is 10.5. The zero-order chi connectivity index (χ0) is 21.3. The molecule has 0 unspecified atom stereocenters. The van der Waals surface area contributed by atoms with Crippen molar-refractivity contribution in [2.75, 3.05) is 31.0 Å². The highest BCUT2D eigenvalue weighted by Gasteiger charge is 2.16. The molecule has 2 amide bonds. The van der Waals surface area contributed by atoms with Gasteiger partial charge >= 0.3 is 0 Å². The molecule has 7 nitrogen and oxygen atoms in total. The van der Waals surface area contributed by atoms with Gasteiger partial charge in [0.1, 0.15) is 12.4 Å². The molecule has 0 fully saturated rings. The SMILES string of the molecule is COCCOc1ccc(NC(=O)c2cccc(C)c2NC(=O)c2ccncc2)cc1. The topological polar surface area (TPSA) is 89.5 Å². The minimum absolute atomic E-state index is 0.307. The van der Waals surface area contributed by atoms with E-state index in [-0.39, 0.29) is 11.8 Å². The fourth-order valence-corrected chi connectivity index (χ4v) is 2.79. The molecule has 0 radical (unpaired) electrons. The molecule has 3 rings (SSSR count). The quantitative estimate of drug-likeness (QED) is 0.555. The van der Waals surface area contributed by atoms with Crippen molar-refractivity contribution in [1.29, 1.82) is 0 Å². The summed E-state index contributed by atoms with van der Waals surface area (Å²) in [6, 6.07) is 15.6. The molecule has 0 atom stereocenters. The van der Waals surface area contributed by atoms with Crippen LogP contribution in [0.15, 0.2) is 67.0 Å². The maximum Gasteiger partial charge on any atom is 0.257 e. The van der Waals surface area contributed by atoms with Crippen LogP contribution in [-0.4, -0.2) is 37.1 Å². The number of anilines is 2. The number of rotatable bonds is 8. The number of hydrogen-bond donors (Lipinski definition) is 2. The Hall–Kier alpha value is -3.71. The number of aromatic nitrogens is 1. The van der Waals surface area contributed by atoms with Gasteiger partial charge in [0.25, 0.3) is 11.8 Å². The second-order valence-electron chi connectivity index (χ2n) is 6.51. The molecule has 0 aliphatic rings. The molecule has 1 heterocycles. The number of amides is 2. The minimum atomic E-state index is -0.322. The molecule has 2 aromatic carbocycles. The summed E-state index contributed by atoms with van der Waals surface area (Å²) in [6.45, 7) is 2.79. The highest BCUT2D eigenvalue weighted by molar-refractivity contribution is 6.13. The highest BCUT2D eigenvalue weighted by atomic mass is 16.5. The van der Waals surface area contributed by atoms with Crippen LogP contribution in [0.1, 0.15) is 26.3 Å². The first kappa shape index (κ1) is 21.0. The maximum atomic E-state index is 12.9. The number of carbonyl (C=O) groups is 2. The van der Waals surface area contributed by atoms with Gasteiger partial charge < -0.3 is 20.1 Å². The van der Waals surface area contributed by atoms with Crippen LogP contribution in [0, 0.1) is 6.92 Å². The molecular formula is C23H23N3O4. The number of pyridine rings is 1. The normalized spacial score (nSPS) is 10.3. The second kappa shape index (κ2) is 10.2. The summed E-state index contributed by atoms with van der Waals surface area (Å²) in [6.07, 6.45) is 3.09. The van der Waals surface area contributed by atoms with Gasteiger partial charge in [0.15, 0.2) is 0 Å². The fourth-order valence-electron chi connectivity index (χ4n) is 2.79. The van der Waals surface area contributed by atoms with Crippen molar-refractivity contribution < 1.29 is 19.1 Å². The van der Waals surface area contributed by atoms with Gasteiger partial charge in [0, 0.05) is 30.8 Å². The lowest BCUT2D eigenvalue weighted by Crippen LogP contribution is -2.19. The van der Waals surface area contributed by atoms with E-state index in [0.29, 0.717) is 41.5 Å². The predicted molar refractivity (Wildman–Crippen MR) is 115 cm³/mol. The van der Waals surface area contributed by atoms with Gasteiger partial charge in [-0.2, -0.15) is 0 Å². The summed E-state index contributed by atoms with van der Waals surface area (Å²) >= 11 is 0. The Morgan fingerprint density at radius 3 is 2.33 bits per heavy atom. The number of ether oxygens (including phenoxy) is 2. The Morgan fingerprint density at radius 2 is 1.63 bits per heavy atom. The summed E-state index contributed by atoms with van der Waals surface area (Å²) in [5, 5.41) is 5.69. The number of para-hydroxylation sites is 1. The first-order valence-electron chi connectivity index (χ1n) is 9.42. The third-order valence-corrected chi connectivity index (χ3v) is 4.37. The van der Waals surface area contributed by atoms with Gasteiger partial charge in [-0.05, 0) is 55.0 Å². The lowest BCUT2D eigenvalue weighted by atomic mass is 10.1. The molecule has 0 bridgehead atoms. The van der Waals surface area contributed by atoms with E-state index < -0.39 is 0 Å². The van der Waals surface area contributed by atoms with Crippen LogP contribution in [0.4, 0.5) is 11.4 Å². The van der Waals surface area contributed by atoms with Crippen LogP contribution in [-0.2, 0) is 4.74 Å². The zero-order valence-electron chi connectivity index (χ0n) is 16.8. The largest absolute Gasteiger partial charge is 0.491 e. The monoisotopic (exact) mass is 405 g/mol. The predicted octanol–water partition coefficient (Wildman–Crippen LogP) is 3.92. The number of hydrogen-bond acceptors (Lipinski definition) is 5. The van der Waals surface area contributed by atoms with Gasteiger partial charge in [-0.1, -0.05) is 12.1 Å². The second-order valence-corrected chi connectivity index (χ2v) is 6.51. The average Bonchev–Trinajstić information content (AvgIpc) is 2.77. The Balaban J connectivity index is 1.73. The van der Waals surface area contributed by atoms with Crippen molar-refractivity contribution in [1.82, 2.24) is 4.98 Å². The van der Waals surface area contributed by atoms with E-state index in [1.54, 1.807) is 68.0 Å². The van der Waals surface area contributed by atoms with Crippen LogP contribution in [0.3, 0.4) is 0 Å². The van der Waals surface area contributed by atoms with Gasteiger partial charge in [0.2, 0.25) is 0 Å². The van der Waals surface area contributed by atoms with Crippen LogP contribution in [0.25, 0.3) is 0 Å². The Morgan fingerprint density at radius 1 is 0.900 bits per heavy atom. The number of nitrogens with one attached hydrogen (secondary N) is 2. The smallest absolute Gasteiger partial charge is 0.257 e. The molecule has 0 saturated heterocycles. The number of nitrogens with zero attached hydrogens (tertiary/aromatic N) is 1. The van der Waals surface area contributed by atoms with Crippen molar-refractivity contribution in [3.8, 4) is 5.75 Å². The molecule has 30 heavy (non-hydrogen) atoms. The van der Waals surface area contributed by atoms with E-state index in [1.165, 1.54) is 0 Å². The van der Waals surface area contributed by atoms with Crippen molar-refractivity contribution in [3.05, 3.63) is 83.7 Å². The van der Waals surface area contributed by atoms with Gasteiger partial charge in [0.05, 0.1) is 17.9 Å². The molecule has 7 heteroatoms. The number of benzene rings is 2. The lowest BCUT2D eigenvalue weighted by Gasteiger charge is -2.14. The van der Waals surface area contributed by atoms with Crippen molar-refractivity contribution in [2.24, 2.45) is 0 Å². The first-order chi connectivity index (χ1) is 14.6. The van der Waals surface area contributed by atoms with Crippen molar-refractivity contribution >= 4 is 23.2 Å². The fraction of sp³-hybridized carbons (Fsp3) is 0.174. The molecule has 0 saturated carbocycles. The van der Waals surface area contributed by atoms with E-state index in [1.807, 2.05) is 13.0 Å². The minimum Gasteiger partial charge on any atom is -0.491 e. The Kier molecular flexibility index (Phi) is 7.13. The van der Waals surface area contributed by atoms with E-state index in [4.69, 9.17) is 9.47 Å². The first-order valence-corrected chi connectivity index (χ1v) is 9.42. The highest BCUT2D eigenvalue weighted by Crippen LogP contribution is 2.23. The zero-order valence-corrected chi connectivity index (χ0v) is 16.8. The third kappa shape index (κ3) is 5.42. The van der Waals surface area contributed by atoms with Gasteiger partial charge in [-0.25, -0.2) is 0 Å². The lowest BCUT2D eigenvalue weighted by molar-refractivity contribution is 0.102. The number of carbonyl (C=O) groups excluding carboxylic acids is 2. The summed E-state index contributed by atoms with van der Waals surface area (Å²) in [5.41, 5.74) is 2.71. The molecule has 0 spiro atoms.